The van der Waals surface area contributed by atoms with Gasteiger partial charge in [0, 0.05) is 0 Å². The van der Waals surface area contributed by atoms with Gasteiger partial charge in [0.05, 0.1) is 0 Å². The summed E-state index contributed by atoms with van der Waals surface area (Å²) in [5.74, 6) is 2.51. The quantitative estimate of drug-likeness (QED) is 0.666. The lowest BCUT2D eigenvalue weighted by atomic mass is 9.98. The van der Waals surface area contributed by atoms with E-state index in [-0.39, 0.29) is 0 Å². The summed E-state index contributed by atoms with van der Waals surface area (Å²) in [7, 11) is 0. The van der Waals surface area contributed by atoms with Crippen LogP contribution in [0.3, 0.4) is 0 Å². The highest BCUT2D eigenvalue weighted by Gasteiger charge is 2.55. The fourth-order valence-corrected chi connectivity index (χ4v) is 3.48. The molecule has 0 aromatic heterocycles. The zero-order chi connectivity index (χ0) is 10.5. The number of rotatable bonds is 1. The minimum absolute atomic E-state index is 0.802. The van der Waals surface area contributed by atoms with Crippen LogP contribution in [0.15, 0.2) is 54.6 Å². The molecule has 3 atom stereocenters. The van der Waals surface area contributed by atoms with Crippen LogP contribution in [0.5, 0.6) is 0 Å². The first-order valence-corrected chi connectivity index (χ1v) is 6.08. The van der Waals surface area contributed by atoms with Gasteiger partial charge in [0.1, 0.15) is 0 Å². The van der Waals surface area contributed by atoms with Crippen molar-refractivity contribution in [2.45, 2.75) is 18.3 Å². The second kappa shape index (κ2) is 2.98. The first-order valence-electron chi connectivity index (χ1n) is 6.08. The zero-order valence-corrected chi connectivity index (χ0v) is 9.14. The van der Waals surface area contributed by atoms with Gasteiger partial charge in [-0.2, -0.15) is 0 Å². The Bertz CT molecular complexity index is 523. The van der Waals surface area contributed by atoms with Crippen LogP contribution >= 0.6 is 0 Å². The molecule has 0 aliphatic heterocycles. The minimum atomic E-state index is 0.802. The number of fused-ring (bicyclic) bond motifs is 3. The topological polar surface area (TPSA) is 0 Å². The molecule has 0 heteroatoms. The summed E-state index contributed by atoms with van der Waals surface area (Å²) in [5.41, 5.74) is 4.73. The fraction of sp³-hybridized carbons (Fsp3) is 0.250. The van der Waals surface area contributed by atoms with Gasteiger partial charge in [0.2, 0.25) is 0 Å². The first kappa shape index (κ1) is 8.58. The van der Waals surface area contributed by atoms with Crippen molar-refractivity contribution in [1.82, 2.24) is 0 Å². The minimum Gasteiger partial charge on any atom is -0.0622 e. The molecule has 0 amide bonds. The normalized spacial score (nSPS) is 29.6. The number of benzene rings is 2. The molecule has 1 fully saturated rings. The highest BCUT2D eigenvalue weighted by Crippen LogP contribution is 2.66. The first-order chi connectivity index (χ1) is 7.95. The lowest BCUT2D eigenvalue weighted by molar-refractivity contribution is 0.813. The average Bonchev–Trinajstić information content (AvgIpc) is 2.94. The molecule has 78 valence electrons. The van der Waals surface area contributed by atoms with Gasteiger partial charge >= 0.3 is 0 Å². The zero-order valence-electron chi connectivity index (χ0n) is 9.14. The van der Waals surface area contributed by atoms with E-state index in [0.29, 0.717) is 0 Å². The summed E-state index contributed by atoms with van der Waals surface area (Å²) in [5, 5.41) is 0. The number of hydrogen-bond donors (Lipinski definition) is 0. The summed E-state index contributed by atoms with van der Waals surface area (Å²) in [4.78, 5) is 0. The number of hydrogen-bond acceptors (Lipinski definition) is 0. The third kappa shape index (κ3) is 1.05. The summed E-state index contributed by atoms with van der Waals surface area (Å²) in [6.45, 7) is 0. The van der Waals surface area contributed by atoms with Crippen LogP contribution < -0.4 is 0 Å². The van der Waals surface area contributed by atoms with Crippen molar-refractivity contribution in [2.75, 3.05) is 0 Å². The van der Waals surface area contributed by atoms with Crippen LogP contribution in [0.25, 0.3) is 0 Å². The van der Waals surface area contributed by atoms with Crippen LogP contribution in [-0.2, 0) is 6.42 Å². The molecular formula is C16H14. The second-order valence-electron chi connectivity index (χ2n) is 5.03. The standard InChI is InChI=1S/C16H14/c1-2-6-11(7-3-1)15-14-10-12-8-4-5-9-13(12)16(14)15/h1-9,14-16H,10H2/t14-,15-,16-/m0/s1. The maximum absolute atomic E-state index is 2.32. The van der Waals surface area contributed by atoms with Gasteiger partial charge < -0.3 is 0 Å². The molecule has 0 bridgehead atoms. The maximum Gasteiger partial charge on any atom is -0.00498 e. The van der Waals surface area contributed by atoms with Crippen molar-refractivity contribution >= 4 is 0 Å². The van der Waals surface area contributed by atoms with Gasteiger partial charge in [-0.25, -0.2) is 0 Å². The maximum atomic E-state index is 2.32. The fourth-order valence-electron chi connectivity index (χ4n) is 3.48. The van der Waals surface area contributed by atoms with E-state index in [1.165, 1.54) is 12.0 Å². The summed E-state index contributed by atoms with van der Waals surface area (Å²) in [6, 6.07) is 20.0. The van der Waals surface area contributed by atoms with Crippen LogP contribution in [0.2, 0.25) is 0 Å². The Balaban J connectivity index is 1.72. The van der Waals surface area contributed by atoms with Gasteiger partial charge in [-0.1, -0.05) is 54.6 Å². The largest absolute Gasteiger partial charge is 0.0622 e. The van der Waals surface area contributed by atoms with Gasteiger partial charge in [0.15, 0.2) is 0 Å². The molecule has 0 nitrogen and oxygen atoms in total. The van der Waals surface area contributed by atoms with Crippen molar-refractivity contribution in [3.8, 4) is 0 Å². The van der Waals surface area contributed by atoms with Crippen molar-refractivity contribution in [2.24, 2.45) is 5.92 Å². The molecule has 2 aliphatic carbocycles. The Hall–Kier alpha value is -1.56. The molecule has 0 heterocycles. The molecule has 1 saturated carbocycles. The molecule has 0 unspecified atom stereocenters. The van der Waals surface area contributed by atoms with Crippen molar-refractivity contribution in [1.29, 1.82) is 0 Å². The van der Waals surface area contributed by atoms with Crippen LogP contribution in [0.4, 0.5) is 0 Å². The summed E-state index contributed by atoms with van der Waals surface area (Å²) >= 11 is 0. The Kier molecular flexibility index (Phi) is 1.59. The molecule has 16 heavy (non-hydrogen) atoms. The smallest absolute Gasteiger partial charge is 0.00498 e. The molecular weight excluding hydrogens is 192 g/mol. The highest BCUT2D eigenvalue weighted by molar-refractivity contribution is 5.48. The molecule has 0 spiro atoms. The summed E-state index contributed by atoms with van der Waals surface area (Å²) < 4.78 is 0. The molecule has 4 rings (SSSR count). The molecule has 2 aromatic carbocycles. The van der Waals surface area contributed by atoms with Crippen molar-refractivity contribution < 1.29 is 0 Å². The van der Waals surface area contributed by atoms with E-state index in [1.807, 2.05) is 0 Å². The van der Waals surface area contributed by atoms with E-state index in [4.69, 9.17) is 0 Å². The predicted molar refractivity (Wildman–Crippen MR) is 65.6 cm³/mol. The van der Waals surface area contributed by atoms with E-state index in [9.17, 15) is 0 Å². The monoisotopic (exact) mass is 206 g/mol. The lowest BCUT2D eigenvalue weighted by Gasteiger charge is -2.07. The van der Waals surface area contributed by atoms with Gasteiger partial charge in [-0.05, 0) is 40.9 Å². The average molecular weight is 206 g/mol. The highest BCUT2D eigenvalue weighted by atomic mass is 14.6. The predicted octanol–water partition coefficient (Wildman–Crippen LogP) is 3.74. The van der Waals surface area contributed by atoms with Crippen molar-refractivity contribution in [3.63, 3.8) is 0 Å². The third-order valence-electron chi connectivity index (χ3n) is 4.22. The van der Waals surface area contributed by atoms with Crippen LogP contribution in [-0.4, -0.2) is 0 Å². The Morgan fingerprint density at radius 1 is 0.750 bits per heavy atom. The molecule has 2 aliphatic rings. The van der Waals surface area contributed by atoms with E-state index >= 15 is 0 Å². The Labute approximate surface area is 95.9 Å². The third-order valence-corrected chi connectivity index (χ3v) is 4.22. The molecule has 2 aromatic rings. The Morgan fingerprint density at radius 2 is 1.50 bits per heavy atom. The Morgan fingerprint density at radius 3 is 2.38 bits per heavy atom. The van der Waals surface area contributed by atoms with Gasteiger partial charge in [-0.3, -0.25) is 0 Å². The van der Waals surface area contributed by atoms with Gasteiger partial charge in [-0.15, -0.1) is 0 Å². The molecule has 0 radical (unpaired) electrons. The summed E-state index contributed by atoms with van der Waals surface area (Å²) in [6.07, 6.45) is 1.29. The van der Waals surface area contributed by atoms with Crippen LogP contribution in [0, 0.1) is 5.92 Å². The van der Waals surface area contributed by atoms with Gasteiger partial charge in [0.25, 0.3) is 0 Å². The molecule has 0 saturated heterocycles. The van der Waals surface area contributed by atoms with E-state index < -0.39 is 0 Å². The van der Waals surface area contributed by atoms with Crippen molar-refractivity contribution in [3.05, 3.63) is 71.3 Å². The van der Waals surface area contributed by atoms with E-state index in [2.05, 4.69) is 54.6 Å². The van der Waals surface area contributed by atoms with Crippen LogP contribution in [0.1, 0.15) is 28.5 Å². The lowest BCUT2D eigenvalue weighted by Crippen LogP contribution is -1.92. The van der Waals surface area contributed by atoms with E-state index in [0.717, 1.165) is 17.8 Å². The molecule has 0 N–H and O–H groups in total. The SMILES string of the molecule is c1ccc([C@H]2[C@@H]3Cc4ccccc4[C@@H]32)cc1. The van der Waals surface area contributed by atoms with E-state index in [1.54, 1.807) is 11.1 Å². The second-order valence-corrected chi connectivity index (χ2v) is 5.03.